The first kappa shape index (κ1) is 63.1. The molecule has 66 heavy (non-hydrogen) atoms. The molecule has 0 aromatic heterocycles. The molecular formula is C60H106O6. The second-order valence-corrected chi connectivity index (χ2v) is 18.8. The van der Waals surface area contributed by atoms with Crippen LogP contribution in [-0.4, -0.2) is 37.2 Å². The molecule has 1 atom stereocenters. The molecule has 0 saturated carbocycles. The fourth-order valence-corrected chi connectivity index (χ4v) is 8.02. The molecule has 382 valence electrons. The van der Waals surface area contributed by atoms with E-state index in [1.165, 1.54) is 141 Å². The second-order valence-electron chi connectivity index (χ2n) is 18.8. The lowest BCUT2D eigenvalue weighted by Crippen LogP contribution is -2.30. The molecule has 0 aromatic carbocycles. The van der Waals surface area contributed by atoms with E-state index >= 15 is 0 Å². The van der Waals surface area contributed by atoms with E-state index in [1.807, 2.05) is 0 Å². The number of carbonyl (C=O) groups is 3. The summed E-state index contributed by atoms with van der Waals surface area (Å²) in [6, 6.07) is 0. The summed E-state index contributed by atoms with van der Waals surface area (Å²) >= 11 is 0. The van der Waals surface area contributed by atoms with Crippen molar-refractivity contribution in [2.45, 2.75) is 290 Å². The molecule has 0 spiro atoms. The van der Waals surface area contributed by atoms with Crippen molar-refractivity contribution in [3.8, 4) is 0 Å². The molecular weight excluding hydrogens is 817 g/mol. The van der Waals surface area contributed by atoms with Crippen molar-refractivity contribution < 1.29 is 28.6 Å². The number of ether oxygens (including phenoxy) is 3. The van der Waals surface area contributed by atoms with E-state index < -0.39 is 6.10 Å². The van der Waals surface area contributed by atoms with Gasteiger partial charge in [0, 0.05) is 19.3 Å². The monoisotopic (exact) mass is 923 g/mol. The maximum absolute atomic E-state index is 12.8. The Morgan fingerprint density at radius 2 is 0.591 bits per heavy atom. The number of allylic oxidation sites excluding steroid dienone is 10. The van der Waals surface area contributed by atoms with Gasteiger partial charge < -0.3 is 14.2 Å². The van der Waals surface area contributed by atoms with Gasteiger partial charge in [-0.2, -0.15) is 0 Å². The summed E-state index contributed by atoms with van der Waals surface area (Å²) in [6.45, 7) is 6.46. The van der Waals surface area contributed by atoms with Crippen molar-refractivity contribution in [2.75, 3.05) is 13.2 Å². The Hall–Kier alpha value is -2.89. The van der Waals surface area contributed by atoms with Crippen LogP contribution >= 0.6 is 0 Å². The molecule has 0 amide bonds. The van der Waals surface area contributed by atoms with Crippen molar-refractivity contribution >= 4 is 17.9 Å². The average molecular weight is 924 g/mol. The van der Waals surface area contributed by atoms with Crippen molar-refractivity contribution in [3.63, 3.8) is 0 Å². The summed E-state index contributed by atoms with van der Waals surface area (Å²) < 4.78 is 16.7. The van der Waals surface area contributed by atoms with E-state index in [0.717, 1.165) is 103 Å². The molecule has 0 N–H and O–H groups in total. The van der Waals surface area contributed by atoms with Crippen molar-refractivity contribution in [1.82, 2.24) is 0 Å². The summed E-state index contributed by atoms with van der Waals surface area (Å²) in [6.07, 6.45) is 68.2. The van der Waals surface area contributed by atoms with Crippen LogP contribution in [0.25, 0.3) is 0 Å². The maximum atomic E-state index is 12.8. The molecule has 1 unspecified atom stereocenters. The van der Waals surface area contributed by atoms with Gasteiger partial charge in [-0.05, 0) is 83.5 Å². The third-order valence-electron chi connectivity index (χ3n) is 12.3. The first-order chi connectivity index (χ1) is 32.5. The minimum atomic E-state index is -0.778. The summed E-state index contributed by atoms with van der Waals surface area (Å²) in [7, 11) is 0. The van der Waals surface area contributed by atoms with Gasteiger partial charge in [-0.3, -0.25) is 14.4 Å². The SMILES string of the molecule is CC/C=C\C/C=C\C/C=C\CCCCCCCC(=O)OC(COC(=O)CCCCCCCC)COC(=O)CCCCCCCCCCCCCCCCC/C=C\C/C=C\CCCCCCC. The molecule has 0 aliphatic carbocycles. The van der Waals surface area contributed by atoms with Crippen LogP contribution < -0.4 is 0 Å². The molecule has 0 radical (unpaired) electrons. The smallest absolute Gasteiger partial charge is 0.306 e. The molecule has 0 saturated heterocycles. The van der Waals surface area contributed by atoms with Crippen LogP contribution in [0, 0.1) is 0 Å². The maximum Gasteiger partial charge on any atom is 0.306 e. The van der Waals surface area contributed by atoms with Crippen LogP contribution in [0.15, 0.2) is 60.8 Å². The fraction of sp³-hybridized carbons (Fsp3) is 0.783. The highest BCUT2D eigenvalue weighted by atomic mass is 16.6. The van der Waals surface area contributed by atoms with Crippen molar-refractivity contribution in [2.24, 2.45) is 0 Å². The molecule has 6 heteroatoms. The molecule has 6 nitrogen and oxygen atoms in total. The Bertz CT molecular complexity index is 1200. The number of unbranched alkanes of at least 4 members (excludes halogenated alkanes) is 30. The van der Waals surface area contributed by atoms with Crippen LogP contribution in [0.1, 0.15) is 284 Å². The number of rotatable bonds is 51. The Morgan fingerprint density at radius 1 is 0.318 bits per heavy atom. The van der Waals surface area contributed by atoms with Gasteiger partial charge in [0.2, 0.25) is 0 Å². The molecule has 0 heterocycles. The number of hydrogen-bond donors (Lipinski definition) is 0. The lowest BCUT2D eigenvalue weighted by Gasteiger charge is -2.18. The van der Waals surface area contributed by atoms with E-state index in [1.54, 1.807) is 0 Å². The van der Waals surface area contributed by atoms with E-state index in [-0.39, 0.29) is 31.1 Å². The van der Waals surface area contributed by atoms with Crippen LogP contribution in [0.4, 0.5) is 0 Å². The standard InChI is InChI=1S/C60H106O6/c1-4-7-10-13-16-18-20-22-24-25-26-27-28-29-30-31-32-33-34-35-37-38-40-42-44-47-50-53-59(62)65-56-57(55-64-58(61)52-49-46-15-12-9-6-3)66-60(63)54-51-48-45-43-41-39-36-23-21-19-17-14-11-8-5-2/h8,11,17,19-20,22-23,25-26,36,57H,4-7,9-10,12-16,18,21,24,27-35,37-56H2,1-3H3/b11-8-,19-17-,22-20-,26-25-,36-23-. The average Bonchev–Trinajstić information content (AvgIpc) is 3.31. The molecule has 0 aliphatic heterocycles. The van der Waals surface area contributed by atoms with Crippen LogP contribution in [0.5, 0.6) is 0 Å². The third kappa shape index (κ3) is 52.1. The highest BCUT2D eigenvalue weighted by molar-refractivity contribution is 5.71. The zero-order chi connectivity index (χ0) is 47.9. The van der Waals surface area contributed by atoms with Crippen molar-refractivity contribution in [3.05, 3.63) is 60.8 Å². The molecule has 0 rings (SSSR count). The highest BCUT2D eigenvalue weighted by Crippen LogP contribution is 2.16. The Kier molecular flexibility index (Phi) is 52.3. The fourth-order valence-electron chi connectivity index (χ4n) is 8.02. The minimum absolute atomic E-state index is 0.0796. The van der Waals surface area contributed by atoms with E-state index in [9.17, 15) is 14.4 Å². The van der Waals surface area contributed by atoms with Crippen molar-refractivity contribution in [1.29, 1.82) is 0 Å². The largest absolute Gasteiger partial charge is 0.462 e. The predicted molar refractivity (Wildman–Crippen MR) is 284 cm³/mol. The van der Waals surface area contributed by atoms with E-state index in [0.29, 0.717) is 19.3 Å². The lowest BCUT2D eigenvalue weighted by atomic mass is 10.0. The molecule has 0 aromatic rings. The van der Waals surface area contributed by atoms with Gasteiger partial charge in [0.25, 0.3) is 0 Å². The molecule has 0 aliphatic rings. The second kappa shape index (κ2) is 54.7. The number of hydrogen-bond acceptors (Lipinski definition) is 6. The van der Waals surface area contributed by atoms with Gasteiger partial charge in [0.1, 0.15) is 13.2 Å². The quantitative estimate of drug-likeness (QED) is 0.0262. The minimum Gasteiger partial charge on any atom is -0.462 e. The molecule has 0 bridgehead atoms. The topological polar surface area (TPSA) is 78.9 Å². The number of carbonyl (C=O) groups excluding carboxylic acids is 3. The van der Waals surface area contributed by atoms with Gasteiger partial charge in [-0.25, -0.2) is 0 Å². The Morgan fingerprint density at radius 3 is 0.924 bits per heavy atom. The van der Waals surface area contributed by atoms with Gasteiger partial charge >= 0.3 is 17.9 Å². The van der Waals surface area contributed by atoms with Gasteiger partial charge in [0.15, 0.2) is 6.10 Å². The summed E-state index contributed by atoms with van der Waals surface area (Å²) in [4.78, 5) is 37.8. The zero-order valence-electron chi connectivity index (χ0n) is 43.7. The number of esters is 3. The Balaban J connectivity index is 4.07. The molecule has 0 fully saturated rings. The predicted octanol–water partition coefficient (Wildman–Crippen LogP) is 18.8. The van der Waals surface area contributed by atoms with Crippen LogP contribution in [0.2, 0.25) is 0 Å². The Labute approximate surface area is 409 Å². The van der Waals surface area contributed by atoms with Gasteiger partial charge in [0.05, 0.1) is 0 Å². The van der Waals surface area contributed by atoms with Crippen LogP contribution in [0.3, 0.4) is 0 Å². The first-order valence-corrected chi connectivity index (χ1v) is 28.3. The third-order valence-corrected chi connectivity index (χ3v) is 12.3. The highest BCUT2D eigenvalue weighted by Gasteiger charge is 2.19. The summed E-state index contributed by atoms with van der Waals surface area (Å²) in [5.41, 5.74) is 0. The van der Waals surface area contributed by atoms with E-state index in [4.69, 9.17) is 14.2 Å². The lowest BCUT2D eigenvalue weighted by molar-refractivity contribution is -0.167. The first-order valence-electron chi connectivity index (χ1n) is 28.3. The van der Waals surface area contributed by atoms with E-state index in [2.05, 4.69) is 81.5 Å². The zero-order valence-corrected chi connectivity index (χ0v) is 43.7. The normalized spacial score (nSPS) is 12.5. The summed E-state index contributed by atoms with van der Waals surface area (Å²) in [5, 5.41) is 0. The van der Waals surface area contributed by atoms with Crippen LogP contribution in [-0.2, 0) is 28.6 Å². The van der Waals surface area contributed by atoms with Gasteiger partial charge in [-0.1, -0.05) is 242 Å². The van der Waals surface area contributed by atoms with Gasteiger partial charge in [-0.15, -0.1) is 0 Å². The summed E-state index contributed by atoms with van der Waals surface area (Å²) in [5.74, 6) is -0.900.